The van der Waals surface area contributed by atoms with E-state index in [1.807, 2.05) is 48.7 Å². The highest BCUT2D eigenvalue weighted by Gasteiger charge is 2.30. The Balaban J connectivity index is 1.27. The standard InChI is InChI=1S/C30H26ClN2/c1-2-3-23(24-6-7-24)16-18-33-19-17-26-20-22(5-15-30(26)33)4-13-29-14-10-27(21-32-29)25-8-11-28(31)12-9-25/h2,5,8-12,14-15,17,19-21,24H,1,3,6-7,16,18H2. The molecule has 1 radical (unpaired) electrons. The van der Waals surface area contributed by atoms with E-state index in [0.29, 0.717) is 0 Å². The van der Waals surface area contributed by atoms with Crippen LogP contribution >= 0.6 is 11.6 Å². The molecule has 0 N–H and O–H groups in total. The van der Waals surface area contributed by atoms with Gasteiger partial charge in [0.25, 0.3) is 0 Å². The van der Waals surface area contributed by atoms with Crippen molar-refractivity contribution in [2.45, 2.75) is 32.2 Å². The molecule has 4 aromatic rings. The van der Waals surface area contributed by atoms with Gasteiger partial charge < -0.3 is 4.57 Å². The third-order valence-corrected chi connectivity index (χ3v) is 6.53. The first kappa shape index (κ1) is 21.6. The summed E-state index contributed by atoms with van der Waals surface area (Å²) in [5.74, 6) is 8.95. The Morgan fingerprint density at radius 2 is 1.85 bits per heavy atom. The van der Waals surface area contributed by atoms with Crippen LogP contribution in [0.15, 0.2) is 85.7 Å². The van der Waals surface area contributed by atoms with Crippen LogP contribution in [0.4, 0.5) is 0 Å². The van der Waals surface area contributed by atoms with Gasteiger partial charge in [-0.2, -0.15) is 0 Å². The lowest BCUT2D eigenvalue weighted by Crippen LogP contribution is -2.05. The molecule has 163 valence electrons. The maximum absolute atomic E-state index is 5.98. The van der Waals surface area contributed by atoms with Gasteiger partial charge in [0.1, 0.15) is 5.69 Å². The molecule has 0 aliphatic heterocycles. The number of aromatic nitrogens is 2. The summed E-state index contributed by atoms with van der Waals surface area (Å²) in [6.45, 7) is 4.95. The van der Waals surface area contributed by atoms with Crippen LogP contribution in [-0.2, 0) is 6.54 Å². The van der Waals surface area contributed by atoms with E-state index < -0.39 is 0 Å². The van der Waals surface area contributed by atoms with Crippen LogP contribution < -0.4 is 0 Å². The Labute approximate surface area is 200 Å². The van der Waals surface area contributed by atoms with E-state index in [1.165, 1.54) is 23.7 Å². The van der Waals surface area contributed by atoms with E-state index in [9.17, 15) is 0 Å². The van der Waals surface area contributed by atoms with Crippen molar-refractivity contribution in [2.24, 2.45) is 5.92 Å². The lowest BCUT2D eigenvalue weighted by Gasteiger charge is -2.14. The predicted octanol–water partition coefficient (Wildman–Crippen LogP) is 7.71. The van der Waals surface area contributed by atoms with Crippen molar-refractivity contribution in [1.82, 2.24) is 9.55 Å². The van der Waals surface area contributed by atoms with Crippen molar-refractivity contribution < 1.29 is 0 Å². The average molecular weight is 450 g/mol. The van der Waals surface area contributed by atoms with E-state index in [2.05, 4.69) is 58.4 Å². The number of fused-ring (bicyclic) bond motifs is 1. The lowest BCUT2D eigenvalue weighted by molar-refractivity contribution is 0.605. The van der Waals surface area contributed by atoms with Gasteiger partial charge in [0.15, 0.2) is 0 Å². The van der Waals surface area contributed by atoms with Gasteiger partial charge in [0.2, 0.25) is 0 Å². The van der Waals surface area contributed by atoms with Crippen LogP contribution in [0.25, 0.3) is 22.0 Å². The first-order chi connectivity index (χ1) is 16.2. The van der Waals surface area contributed by atoms with Crippen LogP contribution in [0.2, 0.25) is 5.02 Å². The summed E-state index contributed by atoms with van der Waals surface area (Å²) in [6, 6.07) is 20.4. The van der Waals surface area contributed by atoms with E-state index in [1.54, 1.807) is 5.92 Å². The number of aryl methyl sites for hydroxylation is 1. The Hall–Kier alpha value is -3.28. The van der Waals surface area contributed by atoms with Crippen LogP contribution in [-0.4, -0.2) is 9.55 Å². The van der Waals surface area contributed by atoms with Crippen molar-refractivity contribution in [3.63, 3.8) is 0 Å². The summed E-state index contributed by atoms with van der Waals surface area (Å²) in [5, 5.41) is 1.96. The average Bonchev–Trinajstić information content (AvgIpc) is 3.61. The largest absolute Gasteiger partial charge is 0.347 e. The topological polar surface area (TPSA) is 17.8 Å². The molecule has 1 fully saturated rings. The van der Waals surface area contributed by atoms with Crippen LogP contribution in [0.3, 0.4) is 0 Å². The van der Waals surface area contributed by atoms with Gasteiger partial charge in [-0.05, 0) is 91.5 Å². The molecule has 1 saturated carbocycles. The van der Waals surface area contributed by atoms with E-state index in [0.717, 1.165) is 52.7 Å². The first-order valence-electron chi connectivity index (χ1n) is 11.5. The highest BCUT2D eigenvalue weighted by atomic mass is 35.5. The Morgan fingerprint density at radius 1 is 1.03 bits per heavy atom. The van der Waals surface area contributed by atoms with Gasteiger partial charge in [-0.25, -0.2) is 4.98 Å². The maximum Gasteiger partial charge on any atom is 0.113 e. The minimum Gasteiger partial charge on any atom is -0.347 e. The van der Waals surface area contributed by atoms with Crippen LogP contribution in [0.5, 0.6) is 0 Å². The minimum absolute atomic E-state index is 0.732. The molecule has 2 nitrogen and oxygen atoms in total. The number of hydrogen-bond donors (Lipinski definition) is 0. The highest BCUT2D eigenvalue weighted by molar-refractivity contribution is 6.30. The fourth-order valence-electron chi connectivity index (χ4n) is 4.30. The number of hydrogen-bond acceptors (Lipinski definition) is 1. The number of halogens is 1. The normalized spacial score (nSPS) is 13.2. The molecule has 2 aromatic carbocycles. The first-order valence-corrected chi connectivity index (χ1v) is 11.9. The summed E-state index contributed by atoms with van der Waals surface area (Å²) in [5.41, 5.74) is 5.17. The van der Waals surface area contributed by atoms with Crippen molar-refractivity contribution in [3.8, 4) is 23.0 Å². The van der Waals surface area contributed by atoms with Crippen molar-refractivity contribution in [1.29, 1.82) is 0 Å². The second-order valence-corrected chi connectivity index (χ2v) is 9.08. The van der Waals surface area contributed by atoms with E-state index in [-0.39, 0.29) is 0 Å². The molecule has 2 heterocycles. The summed E-state index contributed by atoms with van der Waals surface area (Å²) in [4.78, 5) is 4.51. The van der Waals surface area contributed by atoms with Gasteiger partial charge >= 0.3 is 0 Å². The predicted molar refractivity (Wildman–Crippen MR) is 138 cm³/mol. The van der Waals surface area contributed by atoms with Gasteiger partial charge in [-0.15, -0.1) is 6.58 Å². The Morgan fingerprint density at radius 3 is 2.58 bits per heavy atom. The second-order valence-electron chi connectivity index (χ2n) is 8.65. The fraction of sp³-hybridized carbons (Fsp3) is 0.200. The van der Waals surface area contributed by atoms with E-state index >= 15 is 0 Å². The SMILES string of the molecule is C=CC[C](CCn1ccc2cc(C#Cc3ccc(-c4ccc(Cl)cc4)cn3)ccc21)C1CC1. The summed E-state index contributed by atoms with van der Waals surface area (Å²) in [7, 11) is 0. The molecule has 0 bridgehead atoms. The second kappa shape index (κ2) is 9.69. The molecule has 0 spiro atoms. The smallest absolute Gasteiger partial charge is 0.113 e. The number of benzene rings is 2. The van der Waals surface area contributed by atoms with Crippen molar-refractivity contribution in [2.75, 3.05) is 0 Å². The van der Waals surface area contributed by atoms with Gasteiger partial charge in [0.05, 0.1) is 0 Å². The number of allylic oxidation sites excluding steroid dienone is 1. The molecular weight excluding hydrogens is 424 g/mol. The number of nitrogens with zero attached hydrogens (tertiary/aromatic N) is 2. The molecule has 0 unspecified atom stereocenters. The Bertz CT molecular complexity index is 1320. The highest BCUT2D eigenvalue weighted by Crippen LogP contribution is 2.42. The van der Waals surface area contributed by atoms with Crippen LogP contribution in [0.1, 0.15) is 36.9 Å². The summed E-state index contributed by atoms with van der Waals surface area (Å²) >= 11 is 5.98. The maximum atomic E-state index is 5.98. The fourth-order valence-corrected chi connectivity index (χ4v) is 4.43. The molecule has 3 heteroatoms. The zero-order chi connectivity index (χ0) is 22.6. The zero-order valence-corrected chi connectivity index (χ0v) is 19.4. The molecule has 33 heavy (non-hydrogen) atoms. The third-order valence-electron chi connectivity index (χ3n) is 6.28. The number of pyridine rings is 1. The molecule has 0 saturated heterocycles. The van der Waals surface area contributed by atoms with Crippen LogP contribution in [0, 0.1) is 23.7 Å². The number of rotatable bonds is 7. The summed E-state index contributed by atoms with van der Waals surface area (Å²) in [6.07, 6.45) is 11.0. The quantitative estimate of drug-likeness (QED) is 0.208. The van der Waals surface area contributed by atoms with Crippen molar-refractivity contribution >= 4 is 22.5 Å². The molecule has 0 atom stereocenters. The van der Waals surface area contributed by atoms with Crippen molar-refractivity contribution in [3.05, 3.63) is 108 Å². The molecule has 2 aromatic heterocycles. The molecule has 1 aliphatic rings. The molecule has 5 rings (SSSR count). The minimum atomic E-state index is 0.732. The molecular formula is C30H26ClN2. The van der Waals surface area contributed by atoms with E-state index in [4.69, 9.17) is 11.6 Å². The zero-order valence-electron chi connectivity index (χ0n) is 18.6. The lowest BCUT2D eigenvalue weighted by atomic mass is 9.96. The third kappa shape index (κ3) is 5.21. The molecule has 0 amide bonds. The van der Waals surface area contributed by atoms with Gasteiger partial charge in [-0.3, -0.25) is 0 Å². The monoisotopic (exact) mass is 449 g/mol. The Kier molecular flexibility index (Phi) is 6.33. The van der Waals surface area contributed by atoms with Gasteiger partial charge in [0, 0.05) is 46.0 Å². The van der Waals surface area contributed by atoms with Gasteiger partial charge in [-0.1, -0.05) is 41.8 Å². The molecule has 1 aliphatic carbocycles. The summed E-state index contributed by atoms with van der Waals surface area (Å²) < 4.78 is 2.36.